The quantitative estimate of drug-likeness (QED) is 0.894. The normalized spacial score (nSPS) is 28.2. The van der Waals surface area contributed by atoms with Crippen LogP contribution in [0.5, 0.6) is 0 Å². The largest absolute Gasteiger partial charge is 0.311 e. The first-order valence-electron chi connectivity index (χ1n) is 8.16. The van der Waals surface area contributed by atoms with Crippen molar-refractivity contribution in [2.24, 2.45) is 11.8 Å². The Morgan fingerprint density at radius 3 is 2.80 bits per heavy atom. The lowest BCUT2D eigenvalue weighted by atomic mass is 9.96. The van der Waals surface area contributed by atoms with E-state index in [-0.39, 0.29) is 0 Å². The molecule has 1 aliphatic heterocycles. The molecule has 0 aromatic carbocycles. The molecule has 20 heavy (non-hydrogen) atoms. The SMILES string of the molecule is CCn1cc(CN2CC(C3CC3)NCC2C(C)C)cn1. The second-order valence-electron chi connectivity index (χ2n) is 6.80. The summed E-state index contributed by atoms with van der Waals surface area (Å²) >= 11 is 0. The fourth-order valence-corrected chi connectivity index (χ4v) is 3.40. The van der Waals surface area contributed by atoms with Crippen molar-refractivity contribution in [2.75, 3.05) is 13.1 Å². The van der Waals surface area contributed by atoms with Gasteiger partial charge in [0, 0.05) is 50.0 Å². The maximum atomic E-state index is 4.41. The van der Waals surface area contributed by atoms with Gasteiger partial charge in [-0.15, -0.1) is 0 Å². The van der Waals surface area contributed by atoms with Crippen LogP contribution in [-0.2, 0) is 13.1 Å². The number of rotatable bonds is 5. The lowest BCUT2D eigenvalue weighted by Gasteiger charge is -2.42. The van der Waals surface area contributed by atoms with E-state index in [0.29, 0.717) is 18.0 Å². The van der Waals surface area contributed by atoms with Crippen LogP contribution < -0.4 is 5.32 Å². The molecule has 0 bridgehead atoms. The van der Waals surface area contributed by atoms with Crippen molar-refractivity contribution in [3.8, 4) is 0 Å². The molecule has 2 heterocycles. The van der Waals surface area contributed by atoms with E-state index in [2.05, 4.69) is 42.3 Å². The number of hydrogen-bond donors (Lipinski definition) is 1. The maximum Gasteiger partial charge on any atom is 0.0534 e. The van der Waals surface area contributed by atoms with E-state index in [0.717, 1.165) is 25.6 Å². The average Bonchev–Trinajstić information content (AvgIpc) is 3.19. The molecule has 2 unspecified atom stereocenters. The predicted molar refractivity (Wildman–Crippen MR) is 81.5 cm³/mol. The van der Waals surface area contributed by atoms with Crippen LogP contribution in [-0.4, -0.2) is 39.9 Å². The molecule has 1 saturated carbocycles. The second kappa shape index (κ2) is 5.86. The van der Waals surface area contributed by atoms with Crippen molar-refractivity contribution in [1.82, 2.24) is 20.0 Å². The Hall–Kier alpha value is -0.870. The topological polar surface area (TPSA) is 33.1 Å². The van der Waals surface area contributed by atoms with Gasteiger partial charge < -0.3 is 5.32 Å². The van der Waals surface area contributed by atoms with Gasteiger partial charge in [0.05, 0.1) is 6.20 Å². The molecule has 2 fully saturated rings. The maximum absolute atomic E-state index is 4.41. The van der Waals surface area contributed by atoms with Crippen molar-refractivity contribution in [1.29, 1.82) is 0 Å². The van der Waals surface area contributed by atoms with Crippen LogP contribution in [0, 0.1) is 11.8 Å². The summed E-state index contributed by atoms with van der Waals surface area (Å²) in [7, 11) is 0. The van der Waals surface area contributed by atoms with E-state index in [1.165, 1.54) is 24.9 Å². The standard InChI is InChI=1S/C16H28N4/c1-4-20-10-13(7-18-20)9-19-11-15(14-5-6-14)17-8-16(19)12(2)3/h7,10,12,14-17H,4-6,8-9,11H2,1-3H3. The number of nitrogens with one attached hydrogen (secondary N) is 1. The van der Waals surface area contributed by atoms with Crippen molar-refractivity contribution < 1.29 is 0 Å². The Balaban J connectivity index is 1.68. The highest BCUT2D eigenvalue weighted by Gasteiger charge is 2.37. The predicted octanol–water partition coefficient (Wildman–Crippen LogP) is 2.11. The Bertz CT molecular complexity index is 435. The van der Waals surface area contributed by atoms with Crippen LogP contribution in [0.25, 0.3) is 0 Å². The molecule has 0 radical (unpaired) electrons. The van der Waals surface area contributed by atoms with Crippen LogP contribution in [0.4, 0.5) is 0 Å². The number of aryl methyl sites for hydroxylation is 1. The summed E-state index contributed by atoms with van der Waals surface area (Å²) in [5.41, 5.74) is 1.36. The van der Waals surface area contributed by atoms with Gasteiger partial charge in [-0.25, -0.2) is 0 Å². The molecule has 1 aromatic heterocycles. The van der Waals surface area contributed by atoms with Crippen LogP contribution in [0.2, 0.25) is 0 Å². The number of piperazine rings is 1. The molecule has 2 atom stereocenters. The molecule has 2 aliphatic rings. The molecule has 4 heteroatoms. The number of nitrogens with zero attached hydrogens (tertiary/aromatic N) is 3. The van der Waals surface area contributed by atoms with Gasteiger partial charge in [0.1, 0.15) is 0 Å². The highest BCUT2D eigenvalue weighted by atomic mass is 15.3. The molecular weight excluding hydrogens is 248 g/mol. The highest BCUT2D eigenvalue weighted by molar-refractivity contribution is 5.06. The van der Waals surface area contributed by atoms with Gasteiger partial charge in [0.15, 0.2) is 0 Å². The van der Waals surface area contributed by atoms with Gasteiger partial charge in [0.2, 0.25) is 0 Å². The van der Waals surface area contributed by atoms with Crippen molar-refractivity contribution >= 4 is 0 Å². The van der Waals surface area contributed by atoms with Crippen LogP contribution in [0.3, 0.4) is 0 Å². The smallest absolute Gasteiger partial charge is 0.0534 e. The molecule has 1 saturated heterocycles. The van der Waals surface area contributed by atoms with E-state index < -0.39 is 0 Å². The zero-order valence-electron chi connectivity index (χ0n) is 13.0. The monoisotopic (exact) mass is 276 g/mol. The number of hydrogen-bond acceptors (Lipinski definition) is 3. The van der Waals surface area contributed by atoms with Crippen molar-refractivity contribution in [3.05, 3.63) is 18.0 Å². The molecule has 0 amide bonds. The molecule has 3 rings (SSSR count). The molecule has 0 spiro atoms. The number of aromatic nitrogens is 2. The third kappa shape index (κ3) is 3.07. The van der Waals surface area contributed by atoms with E-state index >= 15 is 0 Å². The van der Waals surface area contributed by atoms with Gasteiger partial charge in [-0.05, 0) is 31.6 Å². The summed E-state index contributed by atoms with van der Waals surface area (Å²) < 4.78 is 2.03. The van der Waals surface area contributed by atoms with Gasteiger partial charge in [-0.3, -0.25) is 9.58 Å². The average molecular weight is 276 g/mol. The van der Waals surface area contributed by atoms with Crippen molar-refractivity contribution in [3.63, 3.8) is 0 Å². The van der Waals surface area contributed by atoms with E-state index in [1.807, 2.05) is 10.9 Å². The van der Waals surface area contributed by atoms with Gasteiger partial charge in [0.25, 0.3) is 0 Å². The Morgan fingerprint density at radius 2 is 2.20 bits per heavy atom. The fourth-order valence-electron chi connectivity index (χ4n) is 3.40. The molecule has 1 N–H and O–H groups in total. The van der Waals surface area contributed by atoms with Gasteiger partial charge in [-0.2, -0.15) is 5.10 Å². The summed E-state index contributed by atoms with van der Waals surface area (Å²) in [6.07, 6.45) is 7.08. The summed E-state index contributed by atoms with van der Waals surface area (Å²) in [6.45, 7) is 11.2. The molecule has 112 valence electrons. The Labute approximate surface area is 122 Å². The first-order chi connectivity index (χ1) is 9.67. The van der Waals surface area contributed by atoms with Crippen LogP contribution >= 0.6 is 0 Å². The lowest BCUT2D eigenvalue weighted by molar-refractivity contribution is 0.0852. The minimum Gasteiger partial charge on any atom is -0.311 e. The third-order valence-corrected chi connectivity index (χ3v) is 4.85. The summed E-state index contributed by atoms with van der Waals surface area (Å²) in [4.78, 5) is 2.68. The molecule has 1 aromatic rings. The second-order valence-corrected chi connectivity index (χ2v) is 6.80. The first kappa shape index (κ1) is 14.1. The van der Waals surface area contributed by atoms with Gasteiger partial charge in [-0.1, -0.05) is 13.8 Å². The molecular formula is C16H28N4. The highest BCUT2D eigenvalue weighted by Crippen LogP contribution is 2.35. The Morgan fingerprint density at radius 1 is 1.40 bits per heavy atom. The minimum atomic E-state index is 0.648. The molecule has 1 aliphatic carbocycles. The third-order valence-electron chi connectivity index (χ3n) is 4.85. The minimum absolute atomic E-state index is 0.648. The summed E-state index contributed by atoms with van der Waals surface area (Å²) in [5.74, 6) is 1.63. The summed E-state index contributed by atoms with van der Waals surface area (Å²) in [5, 5.41) is 8.19. The molecule has 4 nitrogen and oxygen atoms in total. The van der Waals surface area contributed by atoms with Crippen LogP contribution in [0.1, 0.15) is 39.2 Å². The first-order valence-corrected chi connectivity index (χ1v) is 8.16. The van der Waals surface area contributed by atoms with E-state index in [4.69, 9.17) is 0 Å². The summed E-state index contributed by atoms with van der Waals surface area (Å²) in [6, 6.07) is 1.36. The van der Waals surface area contributed by atoms with Crippen molar-refractivity contribution in [2.45, 2.75) is 58.8 Å². The zero-order chi connectivity index (χ0) is 14.1. The van der Waals surface area contributed by atoms with Crippen LogP contribution in [0.15, 0.2) is 12.4 Å². The van der Waals surface area contributed by atoms with E-state index in [9.17, 15) is 0 Å². The Kier molecular flexibility index (Phi) is 4.13. The fraction of sp³-hybridized carbons (Fsp3) is 0.812. The van der Waals surface area contributed by atoms with E-state index in [1.54, 1.807) is 0 Å². The van der Waals surface area contributed by atoms with Gasteiger partial charge >= 0.3 is 0 Å². The zero-order valence-corrected chi connectivity index (χ0v) is 13.0. The lowest BCUT2D eigenvalue weighted by Crippen LogP contribution is -2.58.